The molecule has 3 heteroatoms. The molecule has 12 heavy (non-hydrogen) atoms. The molecule has 0 aromatic heterocycles. The van der Waals surface area contributed by atoms with Gasteiger partial charge in [-0.25, -0.2) is 0 Å². The molecular weight excluding hydrogens is 174 g/mol. The van der Waals surface area contributed by atoms with Crippen molar-refractivity contribution in [2.75, 3.05) is 0 Å². The van der Waals surface area contributed by atoms with Crippen molar-refractivity contribution in [2.45, 2.75) is 0 Å². The number of ether oxygens (including phenoxy) is 1. The highest BCUT2D eigenvalue weighted by Crippen LogP contribution is 2.22. The van der Waals surface area contributed by atoms with Crippen LogP contribution in [0.5, 0.6) is 5.75 Å². The summed E-state index contributed by atoms with van der Waals surface area (Å²) in [4.78, 5) is 0. The molecule has 0 unspecified atom stereocenters. The summed E-state index contributed by atoms with van der Waals surface area (Å²) in [7, 11) is 0. The van der Waals surface area contributed by atoms with Gasteiger partial charge in [-0.1, -0.05) is 18.2 Å². The van der Waals surface area contributed by atoms with Crippen molar-refractivity contribution < 1.29 is 4.74 Å². The minimum atomic E-state index is 0.431. The van der Waals surface area contributed by atoms with Gasteiger partial charge in [-0.05, 0) is 12.1 Å². The fourth-order valence-corrected chi connectivity index (χ4v) is 0.938. The van der Waals surface area contributed by atoms with Crippen molar-refractivity contribution >= 4 is 11.6 Å². The molecule has 0 bridgehead atoms. The summed E-state index contributed by atoms with van der Waals surface area (Å²) in [6, 6.07) is 6.78. The van der Waals surface area contributed by atoms with Crippen molar-refractivity contribution in [2.24, 2.45) is 0 Å². The Bertz CT molecular complexity index is 341. The van der Waals surface area contributed by atoms with Gasteiger partial charge < -0.3 is 4.74 Å². The van der Waals surface area contributed by atoms with E-state index in [1.54, 1.807) is 18.2 Å². The zero-order valence-electron chi connectivity index (χ0n) is 6.25. The lowest BCUT2D eigenvalue weighted by Gasteiger charge is -2.01. The summed E-state index contributed by atoms with van der Waals surface area (Å²) in [6.45, 7) is 3.39. The molecule has 2 nitrogen and oxygen atoms in total. The van der Waals surface area contributed by atoms with E-state index in [0.717, 1.165) is 0 Å². The Morgan fingerprint density at radius 3 is 2.92 bits per heavy atom. The summed E-state index contributed by atoms with van der Waals surface area (Å²) < 4.78 is 4.97. The number of benzene rings is 1. The topological polar surface area (TPSA) is 33.0 Å². The van der Waals surface area contributed by atoms with Crippen LogP contribution < -0.4 is 4.74 Å². The standard InChI is InChI=1S/C9H6ClNO/c1-2-12-9-5-8(10)4-3-7(9)6-11/h2-5H,1H2. The molecule has 0 amide bonds. The minimum Gasteiger partial charge on any atom is -0.464 e. The van der Waals surface area contributed by atoms with E-state index in [9.17, 15) is 0 Å². The minimum absolute atomic E-state index is 0.431. The summed E-state index contributed by atoms with van der Waals surface area (Å²) in [6.07, 6.45) is 1.26. The van der Waals surface area contributed by atoms with Gasteiger partial charge in [0.15, 0.2) is 0 Å². The fourth-order valence-electron chi connectivity index (χ4n) is 0.776. The van der Waals surface area contributed by atoms with Gasteiger partial charge in [-0.2, -0.15) is 5.26 Å². The van der Waals surface area contributed by atoms with E-state index in [2.05, 4.69) is 6.58 Å². The second kappa shape index (κ2) is 3.80. The van der Waals surface area contributed by atoms with Crippen LogP contribution in [0.4, 0.5) is 0 Å². The van der Waals surface area contributed by atoms with Crippen LogP contribution in [-0.4, -0.2) is 0 Å². The van der Waals surface area contributed by atoms with Crippen molar-refractivity contribution in [1.82, 2.24) is 0 Å². The SMILES string of the molecule is C=COc1cc(Cl)ccc1C#N. The van der Waals surface area contributed by atoms with Crippen LogP contribution in [0.15, 0.2) is 31.0 Å². The average molecular weight is 180 g/mol. The van der Waals surface area contributed by atoms with Gasteiger partial charge in [-0.3, -0.25) is 0 Å². The largest absolute Gasteiger partial charge is 0.464 e. The lowest BCUT2D eigenvalue weighted by atomic mass is 10.2. The molecule has 0 saturated carbocycles. The highest BCUT2D eigenvalue weighted by molar-refractivity contribution is 6.30. The van der Waals surface area contributed by atoms with Gasteiger partial charge in [-0.15, -0.1) is 0 Å². The molecule has 0 atom stereocenters. The second-order valence-corrected chi connectivity index (χ2v) is 2.47. The third kappa shape index (κ3) is 1.77. The second-order valence-electron chi connectivity index (χ2n) is 2.04. The number of nitriles is 1. The van der Waals surface area contributed by atoms with Gasteiger partial charge in [0.2, 0.25) is 0 Å². The zero-order valence-corrected chi connectivity index (χ0v) is 7.01. The summed E-state index contributed by atoms with van der Waals surface area (Å²) in [5.74, 6) is 0.431. The lowest BCUT2D eigenvalue weighted by Crippen LogP contribution is -1.85. The van der Waals surface area contributed by atoms with Gasteiger partial charge in [0.1, 0.15) is 11.8 Å². The van der Waals surface area contributed by atoms with Gasteiger partial charge in [0.25, 0.3) is 0 Å². The number of hydrogen-bond donors (Lipinski definition) is 0. The van der Waals surface area contributed by atoms with Gasteiger partial charge in [0.05, 0.1) is 11.8 Å². The molecule has 0 spiro atoms. The van der Waals surface area contributed by atoms with Crippen LogP contribution in [0.25, 0.3) is 0 Å². The smallest absolute Gasteiger partial charge is 0.145 e. The average Bonchev–Trinajstić information content (AvgIpc) is 2.05. The van der Waals surface area contributed by atoms with E-state index in [-0.39, 0.29) is 0 Å². The fraction of sp³-hybridized carbons (Fsp3) is 0. The Labute approximate surface area is 75.6 Å². The molecule has 0 heterocycles. The molecule has 0 fully saturated rings. The molecule has 0 saturated heterocycles. The molecular formula is C9H6ClNO. The molecule has 1 aromatic carbocycles. The molecule has 0 radical (unpaired) electrons. The predicted molar refractivity (Wildman–Crippen MR) is 47.0 cm³/mol. The Hall–Kier alpha value is -1.46. The molecule has 0 aliphatic heterocycles. The highest BCUT2D eigenvalue weighted by Gasteiger charge is 2.01. The molecule has 60 valence electrons. The maximum atomic E-state index is 8.63. The predicted octanol–water partition coefficient (Wildman–Crippen LogP) is 2.73. The van der Waals surface area contributed by atoms with Gasteiger partial charge >= 0.3 is 0 Å². The van der Waals surface area contributed by atoms with E-state index in [1.165, 1.54) is 6.26 Å². The van der Waals surface area contributed by atoms with Gasteiger partial charge in [0, 0.05) is 11.1 Å². The van der Waals surface area contributed by atoms with E-state index in [0.29, 0.717) is 16.3 Å². The zero-order chi connectivity index (χ0) is 8.97. The Morgan fingerprint density at radius 1 is 1.58 bits per heavy atom. The number of nitrogens with zero attached hydrogens (tertiary/aromatic N) is 1. The monoisotopic (exact) mass is 179 g/mol. The first-order chi connectivity index (χ1) is 5.77. The summed E-state index contributed by atoms with van der Waals surface area (Å²) in [5.41, 5.74) is 0.444. The number of rotatable bonds is 2. The number of halogens is 1. The quantitative estimate of drug-likeness (QED) is 0.654. The summed E-state index contributed by atoms with van der Waals surface area (Å²) >= 11 is 5.69. The summed E-state index contributed by atoms with van der Waals surface area (Å²) in [5, 5.41) is 9.16. The molecule has 0 aliphatic rings. The Morgan fingerprint density at radius 2 is 2.33 bits per heavy atom. The van der Waals surface area contributed by atoms with E-state index < -0.39 is 0 Å². The molecule has 1 rings (SSSR count). The van der Waals surface area contributed by atoms with Crippen LogP contribution in [0.2, 0.25) is 5.02 Å². The number of hydrogen-bond acceptors (Lipinski definition) is 2. The Kier molecular flexibility index (Phi) is 2.73. The van der Waals surface area contributed by atoms with Crippen LogP contribution in [0, 0.1) is 11.3 Å². The molecule has 0 N–H and O–H groups in total. The van der Waals surface area contributed by atoms with Crippen molar-refractivity contribution in [3.63, 3.8) is 0 Å². The normalized spacial score (nSPS) is 8.67. The third-order valence-corrected chi connectivity index (χ3v) is 1.51. The van der Waals surface area contributed by atoms with Crippen LogP contribution in [0.3, 0.4) is 0 Å². The maximum Gasteiger partial charge on any atom is 0.145 e. The van der Waals surface area contributed by atoms with E-state index in [1.807, 2.05) is 6.07 Å². The maximum absolute atomic E-state index is 8.63. The van der Waals surface area contributed by atoms with Crippen molar-refractivity contribution in [3.05, 3.63) is 41.6 Å². The Balaban J connectivity index is 3.14. The first-order valence-electron chi connectivity index (χ1n) is 3.25. The van der Waals surface area contributed by atoms with Crippen LogP contribution >= 0.6 is 11.6 Å². The third-order valence-electron chi connectivity index (χ3n) is 1.27. The molecule has 1 aromatic rings. The molecule has 0 aliphatic carbocycles. The van der Waals surface area contributed by atoms with Crippen molar-refractivity contribution in [1.29, 1.82) is 5.26 Å². The van der Waals surface area contributed by atoms with Crippen LogP contribution in [0.1, 0.15) is 5.56 Å². The highest BCUT2D eigenvalue weighted by atomic mass is 35.5. The van der Waals surface area contributed by atoms with Crippen molar-refractivity contribution in [3.8, 4) is 11.8 Å². The first kappa shape index (κ1) is 8.63. The first-order valence-corrected chi connectivity index (χ1v) is 3.63. The lowest BCUT2D eigenvalue weighted by molar-refractivity contribution is 0.482. The van der Waals surface area contributed by atoms with E-state index in [4.69, 9.17) is 21.6 Å². The van der Waals surface area contributed by atoms with E-state index >= 15 is 0 Å². The van der Waals surface area contributed by atoms with Crippen LogP contribution in [-0.2, 0) is 0 Å².